The van der Waals surface area contributed by atoms with Crippen molar-refractivity contribution in [2.75, 3.05) is 18.1 Å². The third-order valence-electron chi connectivity index (χ3n) is 5.90. The molecule has 0 aliphatic carbocycles. The van der Waals surface area contributed by atoms with Crippen molar-refractivity contribution < 1.29 is 9.53 Å². The zero-order chi connectivity index (χ0) is 19.8. The van der Waals surface area contributed by atoms with Gasteiger partial charge in [0.2, 0.25) is 5.91 Å². The van der Waals surface area contributed by atoms with Crippen LogP contribution in [0.25, 0.3) is 6.08 Å². The number of nitrogens with zero attached hydrogens (tertiary/aromatic N) is 1. The van der Waals surface area contributed by atoms with Gasteiger partial charge in [0.1, 0.15) is 18.0 Å². The normalized spacial score (nSPS) is 22.5. The Morgan fingerprint density at radius 1 is 1.18 bits per heavy atom. The molecule has 2 aromatic rings. The SMILES string of the molecule is C=CCOc1ccc(C=CC23NC(=O)CCN2c2ccccc2C3(C)C)cc1. The number of fused-ring (bicyclic) bond motifs is 3. The monoisotopic (exact) mass is 374 g/mol. The van der Waals surface area contributed by atoms with E-state index in [1.54, 1.807) is 6.08 Å². The number of nitrogens with one attached hydrogen (secondary N) is 1. The van der Waals surface area contributed by atoms with Gasteiger partial charge in [0.05, 0.1) is 0 Å². The van der Waals surface area contributed by atoms with Gasteiger partial charge in [-0.3, -0.25) is 4.79 Å². The summed E-state index contributed by atoms with van der Waals surface area (Å²) in [6, 6.07) is 16.4. The molecular formula is C24H26N2O2. The minimum atomic E-state index is -0.579. The first-order valence-corrected chi connectivity index (χ1v) is 9.69. The summed E-state index contributed by atoms with van der Waals surface area (Å²) >= 11 is 0. The standard InChI is InChI=1S/C24H26N2O2/c1-4-17-28-19-11-9-18(10-12-19)13-15-24-23(2,3)20-7-5-6-8-21(20)26(24)16-14-22(27)25-24/h4-13,15H,1,14,16-17H2,2-3H3,(H,25,27). The van der Waals surface area contributed by atoms with Gasteiger partial charge in [-0.2, -0.15) is 0 Å². The van der Waals surface area contributed by atoms with Crippen molar-refractivity contribution in [1.82, 2.24) is 5.32 Å². The van der Waals surface area contributed by atoms with E-state index in [0.29, 0.717) is 19.6 Å². The molecule has 1 saturated heterocycles. The molecule has 1 fully saturated rings. The summed E-state index contributed by atoms with van der Waals surface area (Å²) in [6.07, 6.45) is 6.47. The van der Waals surface area contributed by atoms with Gasteiger partial charge in [0.25, 0.3) is 0 Å². The third kappa shape index (κ3) is 2.80. The minimum absolute atomic E-state index is 0.0926. The molecule has 4 nitrogen and oxygen atoms in total. The van der Waals surface area contributed by atoms with Crippen LogP contribution in [0.15, 0.2) is 67.3 Å². The number of rotatable bonds is 5. The van der Waals surface area contributed by atoms with Crippen molar-refractivity contribution in [3.63, 3.8) is 0 Å². The van der Waals surface area contributed by atoms with Crippen molar-refractivity contribution >= 4 is 17.7 Å². The molecule has 1 unspecified atom stereocenters. The Morgan fingerprint density at radius 3 is 2.68 bits per heavy atom. The second-order valence-corrected chi connectivity index (χ2v) is 7.86. The maximum Gasteiger partial charge on any atom is 0.223 e. The highest BCUT2D eigenvalue weighted by molar-refractivity contribution is 5.84. The molecule has 1 amide bonds. The summed E-state index contributed by atoms with van der Waals surface area (Å²) in [6.45, 7) is 9.28. The molecule has 0 spiro atoms. The Kier molecular flexibility index (Phi) is 4.50. The molecule has 1 atom stereocenters. The van der Waals surface area contributed by atoms with Gasteiger partial charge >= 0.3 is 0 Å². The fraction of sp³-hybridized carbons (Fsp3) is 0.292. The van der Waals surface area contributed by atoms with Crippen LogP contribution in [0.4, 0.5) is 5.69 Å². The van der Waals surface area contributed by atoms with Gasteiger partial charge in [-0.25, -0.2) is 0 Å². The topological polar surface area (TPSA) is 41.6 Å². The number of benzene rings is 2. The van der Waals surface area contributed by atoms with Crippen molar-refractivity contribution in [3.05, 3.63) is 78.4 Å². The van der Waals surface area contributed by atoms with E-state index < -0.39 is 5.66 Å². The average molecular weight is 374 g/mol. The van der Waals surface area contributed by atoms with Crippen LogP contribution in [0.5, 0.6) is 5.75 Å². The number of hydrogen-bond donors (Lipinski definition) is 1. The zero-order valence-electron chi connectivity index (χ0n) is 16.4. The van der Waals surface area contributed by atoms with Crippen molar-refractivity contribution in [2.24, 2.45) is 0 Å². The first-order valence-electron chi connectivity index (χ1n) is 9.69. The predicted molar refractivity (Wildman–Crippen MR) is 113 cm³/mol. The van der Waals surface area contributed by atoms with E-state index in [1.807, 2.05) is 24.3 Å². The molecule has 1 N–H and O–H groups in total. The average Bonchev–Trinajstić information content (AvgIpc) is 2.90. The van der Waals surface area contributed by atoms with E-state index in [-0.39, 0.29) is 11.3 Å². The summed E-state index contributed by atoms with van der Waals surface area (Å²) in [7, 11) is 0. The molecule has 0 saturated carbocycles. The molecule has 0 bridgehead atoms. The van der Waals surface area contributed by atoms with Crippen LogP contribution < -0.4 is 15.0 Å². The van der Waals surface area contributed by atoms with Crippen LogP contribution in [-0.4, -0.2) is 24.7 Å². The maximum absolute atomic E-state index is 12.4. The van der Waals surface area contributed by atoms with Crippen LogP contribution in [0, 0.1) is 0 Å². The summed E-state index contributed by atoms with van der Waals surface area (Å²) in [4.78, 5) is 14.7. The molecule has 28 heavy (non-hydrogen) atoms. The Balaban J connectivity index is 1.70. The fourth-order valence-electron chi connectivity index (χ4n) is 4.37. The molecule has 2 aliphatic rings. The van der Waals surface area contributed by atoms with Gasteiger partial charge < -0.3 is 15.0 Å². The number of carbonyl (C=O) groups excluding carboxylic acids is 1. The van der Waals surface area contributed by atoms with Crippen LogP contribution in [-0.2, 0) is 10.2 Å². The predicted octanol–water partition coefficient (Wildman–Crippen LogP) is 4.28. The zero-order valence-corrected chi connectivity index (χ0v) is 16.4. The molecule has 4 rings (SSSR count). The van der Waals surface area contributed by atoms with E-state index in [9.17, 15) is 4.79 Å². The van der Waals surface area contributed by atoms with Gasteiger partial charge in [-0.1, -0.05) is 62.9 Å². The highest BCUT2D eigenvalue weighted by Gasteiger charge is 2.57. The molecule has 2 aromatic carbocycles. The molecular weight excluding hydrogens is 348 g/mol. The van der Waals surface area contributed by atoms with E-state index >= 15 is 0 Å². The Morgan fingerprint density at radius 2 is 1.93 bits per heavy atom. The minimum Gasteiger partial charge on any atom is -0.490 e. The van der Waals surface area contributed by atoms with E-state index in [4.69, 9.17) is 4.74 Å². The number of amides is 1. The molecule has 2 aliphatic heterocycles. The maximum atomic E-state index is 12.4. The largest absolute Gasteiger partial charge is 0.490 e. The molecule has 2 heterocycles. The van der Waals surface area contributed by atoms with E-state index in [1.165, 1.54) is 11.3 Å². The highest BCUT2D eigenvalue weighted by atomic mass is 16.5. The second-order valence-electron chi connectivity index (χ2n) is 7.86. The van der Waals surface area contributed by atoms with E-state index in [0.717, 1.165) is 11.3 Å². The van der Waals surface area contributed by atoms with Crippen LogP contribution in [0.1, 0.15) is 31.4 Å². The summed E-state index contributed by atoms with van der Waals surface area (Å²) in [5.41, 5.74) is 2.68. The molecule has 144 valence electrons. The lowest BCUT2D eigenvalue weighted by Crippen LogP contribution is -2.68. The molecule has 4 heteroatoms. The Labute approximate surface area is 166 Å². The van der Waals surface area contributed by atoms with Gasteiger partial charge in [0.15, 0.2) is 0 Å². The number of ether oxygens (including phenoxy) is 1. The number of anilines is 1. The van der Waals surface area contributed by atoms with Crippen LogP contribution >= 0.6 is 0 Å². The first kappa shape index (κ1) is 18.4. The Hall–Kier alpha value is -3.01. The lowest BCUT2D eigenvalue weighted by molar-refractivity contribution is -0.124. The van der Waals surface area contributed by atoms with Gasteiger partial charge in [0, 0.05) is 24.1 Å². The number of carbonyl (C=O) groups is 1. The van der Waals surface area contributed by atoms with Crippen molar-refractivity contribution in [3.8, 4) is 5.75 Å². The van der Waals surface area contributed by atoms with Crippen molar-refractivity contribution in [1.29, 1.82) is 0 Å². The van der Waals surface area contributed by atoms with E-state index in [2.05, 4.69) is 67.1 Å². The molecule has 0 aromatic heterocycles. The van der Waals surface area contributed by atoms with Crippen LogP contribution in [0.3, 0.4) is 0 Å². The number of para-hydroxylation sites is 1. The summed E-state index contributed by atoms with van der Waals surface area (Å²) < 4.78 is 5.55. The van der Waals surface area contributed by atoms with Crippen molar-refractivity contribution in [2.45, 2.75) is 31.3 Å². The summed E-state index contributed by atoms with van der Waals surface area (Å²) in [5, 5.41) is 3.30. The lowest BCUT2D eigenvalue weighted by Gasteiger charge is -2.49. The second kappa shape index (κ2) is 6.86. The Bertz CT molecular complexity index is 930. The highest BCUT2D eigenvalue weighted by Crippen LogP contribution is 2.52. The quantitative estimate of drug-likeness (QED) is 0.795. The number of hydrogen-bond acceptors (Lipinski definition) is 3. The first-order chi connectivity index (χ1) is 13.5. The van der Waals surface area contributed by atoms with Gasteiger partial charge in [-0.05, 0) is 35.4 Å². The van der Waals surface area contributed by atoms with Gasteiger partial charge in [-0.15, -0.1) is 0 Å². The third-order valence-corrected chi connectivity index (χ3v) is 5.90. The molecule has 0 radical (unpaired) electrons. The lowest BCUT2D eigenvalue weighted by atomic mass is 9.74. The van der Waals surface area contributed by atoms with Crippen LogP contribution in [0.2, 0.25) is 0 Å². The smallest absolute Gasteiger partial charge is 0.223 e. The fourth-order valence-corrected chi connectivity index (χ4v) is 4.37. The summed E-state index contributed by atoms with van der Waals surface area (Å²) in [5.74, 6) is 0.909.